The molecule has 39 heavy (non-hydrogen) atoms. The zero-order chi connectivity index (χ0) is 27.2. The number of rotatable bonds is 3. The molecule has 0 fully saturated rings. The molecule has 7 aromatic heterocycles. The van der Waals surface area contributed by atoms with Gasteiger partial charge in [0.05, 0.1) is 10.8 Å². The molecule has 0 amide bonds. The topological polar surface area (TPSA) is 175 Å². The van der Waals surface area contributed by atoms with Crippen LogP contribution in [0.5, 0.6) is 0 Å². The third kappa shape index (κ3) is 6.22. The van der Waals surface area contributed by atoms with E-state index < -0.39 is 0 Å². The van der Waals surface area contributed by atoms with E-state index in [0.717, 1.165) is 50.5 Å². The Balaban J connectivity index is 0.000000126. The Hall–Kier alpha value is -4.75. The molecule has 0 aromatic carbocycles. The summed E-state index contributed by atoms with van der Waals surface area (Å²) in [6.07, 6.45) is 11.2. The van der Waals surface area contributed by atoms with Gasteiger partial charge in [-0.15, -0.1) is 0 Å². The van der Waals surface area contributed by atoms with Crippen molar-refractivity contribution in [2.75, 3.05) is 5.32 Å². The number of H-pyrrole nitrogens is 3. The minimum Gasteiger partial charge on any atom is -0.364 e. The molecule has 13 nitrogen and oxygen atoms in total. The van der Waals surface area contributed by atoms with Gasteiger partial charge in [-0.05, 0) is 26.0 Å². The number of imidazole rings is 1. The van der Waals surface area contributed by atoms with Gasteiger partial charge in [-0.25, -0.2) is 44.9 Å². The number of aromatic nitrogens is 12. The summed E-state index contributed by atoms with van der Waals surface area (Å²) in [6, 6.07) is 3.77. The van der Waals surface area contributed by atoms with E-state index in [9.17, 15) is 0 Å². The second-order valence-electron chi connectivity index (χ2n) is 8.13. The summed E-state index contributed by atoms with van der Waals surface area (Å²) in [4.78, 5) is 45.2. The summed E-state index contributed by atoms with van der Waals surface area (Å²) in [5.41, 5.74) is 5.08. The molecule has 0 unspecified atom stereocenters. The molecule has 0 bridgehead atoms. The Morgan fingerprint density at radius 3 is 2.26 bits per heavy atom. The molecular weight excluding hydrogens is 541 g/mol. The van der Waals surface area contributed by atoms with E-state index in [-0.39, 0.29) is 0 Å². The molecule has 0 saturated heterocycles. The summed E-state index contributed by atoms with van der Waals surface area (Å²) in [5.74, 6) is 1.54. The Bertz CT molecular complexity index is 1830. The third-order valence-electron chi connectivity index (χ3n) is 5.30. The van der Waals surface area contributed by atoms with Crippen molar-refractivity contribution in [1.82, 2.24) is 59.8 Å². The molecule has 7 aromatic rings. The van der Waals surface area contributed by atoms with E-state index in [0.29, 0.717) is 22.5 Å². The molecule has 0 aliphatic carbocycles. The molecule has 0 radical (unpaired) electrons. The average Bonchev–Trinajstić information content (AvgIpc) is 3.67. The first-order chi connectivity index (χ1) is 19.0. The van der Waals surface area contributed by atoms with Crippen LogP contribution in [0.1, 0.15) is 17.1 Å². The maximum absolute atomic E-state index is 5.80. The van der Waals surface area contributed by atoms with Crippen LogP contribution in [0.15, 0.2) is 56.0 Å². The lowest BCUT2D eigenvalue weighted by molar-refractivity contribution is 1.04. The van der Waals surface area contributed by atoms with Gasteiger partial charge in [0.2, 0.25) is 0 Å². The van der Waals surface area contributed by atoms with Crippen LogP contribution in [0.4, 0.5) is 5.82 Å². The van der Waals surface area contributed by atoms with Gasteiger partial charge >= 0.3 is 0 Å². The Morgan fingerprint density at radius 2 is 1.51 bits per heavy atom. The Labute approximate surface area is 231 Å². The van der Waals surface area contributed by atoms with Crippen molar-refractivity contribution in [2.45, 2.75) is 20.4 Å². The second kappa shape index (κ2) is 11.8. The van der Waals surface area contributed by atoms with Gasteiger partial charge in [0.1, 0.15) is 58.3 Å². The van der Waals surface area contributed by atoms with Crippen molar-refractivity contribution in [3.05, 3.63) is 83.4 Å². The van der Waals surface area contributed by atoms with Gasteiger partial charge < -0.3 is 20.3 Å². The van der Waals surface area contributed by atoms with Crippen molar-refractivity contribution in [2.24, 2.45) is 0 Å². The number of halogens is 2. The first-order valence-electron chi connectivity index (χ1n) is 11.5. The van der Waals surface area contributed by atoms with Gasteiger partial charge in [0, 0.05) is 36.4 Å². The number of nitrogens with one attached hydrogen (secondary N) is 4. The van der Waals surface area contributed by atoms with Gasteiger partial charge in [-0.1, -0.05) is 23.2 Å². The largest absolute Gasteiger partial charge is 0.364 e. The molecule has 0 aliphatic heterocycles. The highest BCUT2D eigenvalue weighted by Crippen LogP contribution is 2.19. The van der Waals surface area contributed by atoms with Crippen LogP contribution >= 0.6 is 23.2 Å². The maximum Gasteiger partial charge on any atom is 0.183 e. The summed E-state index contributed by atoms with van der Waals surface area (Å²) in [7, 11) is 0. The summed E-state index contributed by atoms with van der Waals surface area (Å²) >= 11 is 11.5. The molecule has 7 rings (SSSR count). The van der Waals surface area contributed by atoms with Crippen LogP contribution in [-0.2, 0) is 6.54 Å². The van der Waals surface area contributed by atoms with E-state index in [1.54, 1.807) is 18.6 Å². The highest BCUT2D eigenvalue weighted by molar-refractivity contribution is 6.34. The molecule has 15 heteroatoms. The molecule has 0 spiro atoms. The zero-order valence-corrected chi connectivity index (χ0v) is 22.2. The van der Waals surface area contributed by atoms with Crippen molar-refractivity contribution >= 4 is 62.3 Å². The molecule has 0 atom stereocenters. The fourth-order valence-electron chi connectivity index (χ4n) is 3.57. The summed E-state index contributed by atoms with van der Waals surface area (Å²) in [5, 5.41) is 5.95. The number of hydrogen-bond donors (Lipinski definition) is 4. The van der Waals surface area contributed by atoms with E-state index >= 15 is 0 Å². The van der Waals surface area contributed by atoms with E-state index in [2.05, 4.69) is 65.1 Å². The SMILES string of the molecule is Cc1cc2c(Cl)ncnc2[nH]1.Cc1nc2ncnc(NCc3cncnc3)c2[nH]1.Clc1ncnc2[nH]ccc12. The van der Waals surface area contributed by atoms with E-state index in [4.69, 9.17) is 23.2 Å². The summed E-state index contributed by atoms with van der Waals surface area (Å²) in [6.45, 7) is 4.44. The first kappa shape index (κ1) is 25.9. The highest BCUT2D eigenvalue weighted by atomic mass is 35.5. The Morgan fingerprint density at radius 1 is 0.795 bits per heavy atom. The predicted molar refractivity (Wildman–Crippen MR) is 148 cm³/mol. The molecule has 0 saturated carbocycles. The lowest BCUT2D eigenvalue weighted by Gasteiger charge is -2.04. The van der Waals surface area contributed by atoms with Gasteiger partial charge in [-0.3, -0.25) is 0 Å². The molecule has 4 N–H and O–H groups in total. The summed E-state index contributed by atoms with van der Waals surface area (Å²) < 4.78 is 0. The number of anilines is 1. The zero-order valence-electron chi connectivity index (χ0n) is 20.7. The van der Waals surface area contributed by atoms with Crippen LogP contribution in [0.2, 0.25) is 10.3 Å². The van der Waals surface area contributed by atoms with E-state index in [1.807, 2.05) is 26.0 Å². The van der Waals surface area contributed by atoms with Gasteiger partial charge in [0.15, 0.2) is 11.5 Å². The van der Waals surface area contributed by atoms with Gasteiger partial charge in [0.25, 0.3) is 0 Å². The van der Waals surface area contributed by atoms with Crippen molar-refractivity contribution in [1.29, 1.82) is 0 Å². The number of aromatic amines is 3. The molecular formula is C24H21Cl2N13. The lowest BCUT2D eigenvalue weighted by atomic mass is 10.3. The van der Waals surface area contributed by atoms with Crippen LogP contribution in [-0.4, -0.2) is 59.8 Å². The lowest BCUT2D eigenvalue weighted by Crippen LogP contribution is -2.03. The number of fused-ring (bicyclic) bond motifs is 3. The van der Waals surface area contributed by atoms with Crippen molar-refractivity contribution in [3.8, 4) is 0 Å². The first-order valence-corrected chi connectivity index (χ1v) is 12.3. The van der Waals surface area contributed by atoms with Gasteiger partial charge in [-0.2, -0.15) is 0 Å². The van der Waals surface area contributed by atoms with Crippen LogP contribution in [0, 0.1) is 13.8 Å². The molecule has 7 heterocycles. The third-order valence-corrected chi connectivity index (χ3v) is 5.90. The predicted octanol–water partition coefficient (Wildman–Crippen LogP) is 4.59. The maximum atomic E-state index is 5.80. The van der Waals surface area contributed by atoms with Crippen molar-refractivity contribution in [3.63, 3.8) is 0 Å². The minimum atomic E-state index is 0.492. The number of nitrogens with zero attached hydrogens (tertiary/aromatic N) is 9. The molecule has 0 aliphatic rings. The van der Waals surface area contributed by atoms with Crippen LogP contribution < -0.4 is 5.32 Å². The van der Waals surface area contributed by atoms with E-state index in [1.165, 1.54) is 25.3 Å². The number of aryl methyl sites for hydroxylation is 2. The standard InChI is InChI=1S/C11H11N7.C7H6ClN3.C6H4ClN3/c1-7-17-9-10(15-6-16-11(9)18-7)14-4-8-2-12-5-13-3-8;1-4-2-5-6(8)9-3-10-7(5)11-4;7-5-4-1-2-8-6(4)10-3-9-5/h2-3,5-6H,4H2,1H3,(H2,14,15,16,17,18);2-3H,1H3,(H,9,10,11);1-3H,(H,8,9,10). The quantitative estimate of drug-likeness (QED) is 0.223. The molecule has 196 valence electrons. The van der Waals surface area contributed by atoms with Crippen LogP contribution in [0.25, 0.3) is 33.2 Å². The monoisotopic (exact) mass is 561 g/mol. The second-order valence-corrected chi connectivity index (χ2v) is 8.84. The number of hydrogen-bond acceptors (Lipinski definition) is 10. The van der Waals surface area contributed by atoms with Crippen LogP contribution in [0.3, 0.4) is 0 Å². The fourth-order valence-corrected chi connectivity index (χ4v) is 3.95. The van der Waals surface area contributed by atoms with Crippen molar-refractivity contribution < 1.29 is 0 Å². The smallest absolute Gasteiger partial charge is 0.183 e. The average molecular weight is 562 g/mol. The minimum absolute atomic E-state index is 0.492. The fraction of sp³-hybridized carbons (Fsp3) is 0.125. The Kier molecular flexibility index (Phi) is 7.80. The highest BCUT2D eigenvalue weighted by Gasteiger charge is 2.07. The normalized spacial score (nSPS) is 10.7.